The average molecular weight is 316 g/mol. The van der Waals surface area contributed by atoms with Gasteiger partial charge in [0, 0.05) is 16.6 Å². The zero-order chi connectivity index (χ0) is 15.1. The summed E-state index contributed by atoms with van der Waals surface area (Å²) < 4.78 is 11.9. The van der Waals surface area contributed by atoms with Crippen LogP contribution in [0.4, 0.5) is 0 Å². The van der Waals surface area contributed by atoms with Gasteiger partial charge in [0.1, 0.15) is 6.10 Å². The highest BCUT2D eigenvalue weighted by Gasteiger charge is 2.60. The quantitative estimate of drug-likeness (QED) is 0.795. The van der Waals surface area contributed by atoms with Crippen LogP contribution in [0.1, 0.15) is 17.5 Å². The number of halogens is 1. The van der Waals surface area contributed by atoms with Gasteiger partial charge in [-0.05, 0) is 55.8 Å². The van der Waals surface area contributed by atoms with Crippen LogP contribution in [0.15, 0.2) is 34.9 Å². The molecule has 22 heavy (non-hydrogen) atoms. The van der Waals surface area contributed by atoms with Gasteiger partial charge in [-0.15, -0.1) is 0 Å². The molecular weight excluding hydrogens is 298 g/mol. The second kappa shape index (κ2) is 4.09. The first-order chi connectivity index (χ1) is 10.6. The maximum atomic E-state index is 6.40. The molecule has 0 N–H and O–H groups in total. The molecule has 1 aromatic carbocycles. The Morgan fingerprint density at radius 1 is 1.41 bits per heavy atom. The molecule has 2 heterocycles. The summed E-state index contributed by atoms with van der Waals surface area (Å²) >= 11 is 6.40. The van der Waals surface area contributed by atoms with Crippen LogP contribution in [-0.2, 0) is 11.8 Å². The SMILES string of the molecule is COc1ccc2c3c1O[C@H]1C=C(Cl)C=C4[C@@H](C2)N(C)CC[C@]431. The molecule has 0 radical (unpaired) electrons. The summed E-state index contributed by atoms with van der Waals surface area (Å²) in [4.78, 5) is 2.45. The number of ether oxygens (including phenoxy) is 2. The molecule has 4 aliphatic rings. The highest BCUT2D eigenvalue weighted by Crippen LogP contribution is 2.61. The molecule has 3 nitrogen and oxygen atoms in total. The number of piperidine rings is 1. The Morgan fingerprint density at radius 3 is 3.09 bits per heavy atom. The van der Waals surface area contributed by atoms with Crippen LogP contribution in [0.5, 0.6) is 11.5 Å². The maximum absolute atomic E-state index is 6.40. The lowest BCUT2D eigenvalue weighted by molar-refractivity contribution is 0.117. The molecule has 1 aromatic rings. The third-order valence-corrected chi connectivity index (χ3v) is 6.12. The zero-order valence-corrected chi connectivity index (χ0v) is 13.5. The average Bonchev–Trinajstić information content (AvgIpc) is 2.83. The van der Waals surface area contributed by atoms with Crippen LogP contribution >= 0.6 is 11.6 Å². The van der Waals surface area contributed by atoms with E-state index in [1.807, 2.05) is 6.07 Å². The van der Waals surface area contributed by atoms with E-state index in [2.05, 4.69) is 30.2 Å². The number of hydrogen-bond acceptors (Lipinski definition) is 3. The Morgan fingerprint density at radius 2 is 2.27 bits per heavy atom. The maximum Gasteiger partial charge on any atom is 0.166 e. The van der Waals surface area contributed by atoms with E-state index in [0.717, 1.165) is 35.9 Å². The summed E-state index contributed by atoms with van der Waals surface area (Å²) in [7, 11) is 3.92. The molecule has 1 saturated heterocycles. The van der Waals surface area contributed by atoms with E-state index in [1.165, 1.54) is 16.7 Å². The molecule has 5 rings (SSSR count). The largest absolute Gasteiger partial charge is 0.493 e. The van der Waals surface area contributed by atoms with E-state index in [9.17, 15) is 0 Å². The number of hydrogen-bond donors (Lipinski definition) is 0. The normalized spacial score (nSPS) is 34.5. The number of methoxy groups -OCH3 is 1. The summed E-state index contributed by atoms with van der Waals surface area (Å²) in [6.45, 7) is 1.09. The van der Waals surface area contributed by atoms with Gasteiger partial charge < -0.3 is 9.47 Å². The summed E-state index contributed by atoms with van der Waals surface area (Å²) in [5.74, 6) is 1.77. The van der Waals surface area contributed by atoms with Crippen LogP contribution in [0, 0.1) is 0 Å². The summed E-state index contributed by atoms with van der Waals surface area (Å²) in [6, 6.07) is 4.68. The van der Waals surface area contributed by atoms with Crippen molar-refractivity contribution in [1.29, 1.82) is 0 Å². The first-order valence-electron chi connectivity index (χ1n) is 7.82. The minimum Gasteiger partial charge on any atom is -0.493 e. The van der Waals surface area contributed by atoms with Crippen molar-refractivity contribution < 1.29 is 9.47 Å². The highest BCUT2D eigenvalue weighted by atomic mass is 35.5. The van der Waals surface area contributed by atoms with Gasteiger partial charge in [-0.25, -0.2) is 0 Å². The van der Waals surface area contributed by atoms with Gasteiger partial charge in [0.25, 0.3) is 0 Å². The molecule has 0 unspecified atom stereocenters. The molecule has 2 aliphatic carbocycles. The fraction of sp³-hybridized carbons (Fsp3) is 0.444. The number of rotatable bonds is 1. The van der Waals surface area contributed by atoms with Gasteiger partial charge in [0.2, 0.25) is 0 Å². The predicted octanol–water partition coefficient (Wildman–Crippen LogP) is 3.02. The minimum atomic E-state index is -0.0347. The molecule has 2 aliphatic heterocycles. The van der Waals surface area contributed by atoms with Crippen molar-refractivity contribution in [2.24, 2.45) is 0 Å². The summed E-state index contributed by atoms with van der Waals surface area (Å²) in [5, 5.41) is 0.797. The topological polar surface area (TPSA) is 21.7 Å². The lowest BCUT2D eigenvalue weighted by Gasteiger charge is -2.52. The molecular formula is C18H18ClNO2. The monoisotopic (exact) mass is 315 g/mol. The van der Waals surface area contributed by atoms with E-state index in [4.69, 9.17) is 21.1 Å². The van der Waals surface area contributed by atoms with Crippen LogP contribution in [0.25, 0.3) is 0 Å². The Kier molecular flexibility index (Phi) is 2.42. The molecule has 114 valence electrons. The molecule has 4 heteroatoms. The molecule has 0 saturated carbocycles. The van der Waals surface area contributed by atoms with Gasteiger partial charge in [-0.2, -0.15) is 0 Å². The molecule has 0 aromatic heterocycles. The predicted molar refractivity (Wildman–Crippen MR) is 85.8 cm³/mol. The Hall–Kier alpha value is -1.45. The van der Waals surface area contributed by atoms with Gasteiger partial charge in [0.05, 0.1) is 12.5 Å². The zero-order valence-electron chi connectivity index (χ0n) is 12.7. The van der Waals surface area contributed by atoms with E-state index in [0.29, 0.717) is 6.04 Å². The lowest BCUT2D eigenvalue weighted by Crippen LogP contribution is -2.57. The fourth-order valence-electron chi connectivity index (χ4n) is 4.89. The molecule has 0 amide bonds. The standard InChI is InChI=1S/C18H18ClNO2/c1-20-6-5-18-12-8-11(19)9-15(18)22-17-14(21-2)4-3-10(16(17)18)7-13(12)20/h3-4,8-9,13,15H,5-7H2,1-2H3/t13-,15+,18-/m1/s1. The highest BCUT2D eigenvalue weighted by molar-refractivity contribution is 6.31. The van der Waals surface area contributed by atoms with Crippen molar-refractivity contribution in [3.05, 3.63) is 46.0 Å². The fourth-order valence-corrected chi connectivity index (χ4v) is 5.12. The van der Waals surface area contributed by atoms with E-state index < -0.39 is 0 Å². The first-order valence-corrected chi connectivity index (χ1v) is 8.19. The molecule has 1 spiro atoms. The van der Waals surface area contributed by atoms with Gasteiger partial charge >= 0.3 is 0 Å². The van der Waals surface area contributed by atoms with Gasteiger partial charge in [-0.3, -0.25) is 4.90 Å². The van der Waals surface area contributed by atoms with Crippen LogP contribution < -0.4 is 9.47 Å². The van der Waals surface area contributed by atoms with Crippen molar-refractivity contribution in [2.45, 2.75) is 30.4 Å². The van der Waals surface area contributed by atoms with Crippen molar-refractivity contribution in [3.63, 3.8) is 0 Å². The van der Waals surface area contributed by atoms with Gasteiger partial charge in [-0.1, -0.05) is 17.7 Å². The minimum absolute atomic E-state index is 0.00144. The van der Waals surface area contributed by atoms with Crippen molar-refractivity contribution in [3.8, 4) is 11.5 Å². The Balaban J connectivity index is 1.85. The summed E-state index contributed by atoms with van der Waals surface area (Å²) in [6.07, 6.45) is 6.35. The van der Waals surface area contributed by atoms with Crippen molar-refractivity contribution in [2.75, 3.05) is 20.7 Å². The van der Waals surface area contributed by atoms with Crippen LogP contribution in [-0.4, -0.2) is 37.7 Å². The second-order valence-corrected chi connectivity index (χ2v) is 7.18. The van der Waals surface area contributed by atoms with E-state index >= 15 is 0 Å². The van der Waals surface area contributed by atoms with E-state index in [-0.39, 0.29) is 11.5 Å². The van der Waals surface area contributed by atoms with E-state index in [1.54, 1.807) is 7.11 Å². The van der Waals surface area contributed by atoms with Crippen molar-refractivity contribution >= 4 is 11.6 Å². The number of nitrogens with zero attached hydrogens (tertiary/aromatic N) is 1. The Bertz CT molecular complexity index is 754. The molecule has 2 bridgehead atoms. The summed E-state index contributed by atoms with van der Waals surface area (Å²) in [5.41, 5.74) is 4.15. The van der Waals surface area contributed by atoms with Crippen LogP contribution in [0.2, 0.25) is 0 Å². The smallest absolute Gasteiger partial charge is 0.166 e. The third kappa shape index (κ3) is 1.33. The lowest BCUT2D eigenvalue weighted by atomic mass is 9.57. The van der Waals surface area contributed by atoms with Crippen LogP contribution in [0.3, 0.4) is 0 Å². The van der Waals surface area contributed by atoms with Crippen molar-refractivity contribution in [1.82, 2.24) is 4.90 Å². The Labute approximate surface area is 135 Å². The number of likely N-dealkylation sites (N-methyl/N-ethyl adjacent to an activating group) is 1. The third-order valence-electron chi connectivity index (χ3n) is 5.89. The number of allylic oxidation sites excluding steroid dienone is 2. The number of likely N-dealkylation sites (tertiary alicyclic amines) is 1. The van der Waals surface area contributed by atoms with Gasteiger partial charge in [0.15, 0.2) is 11.5 Å². The molecule has 3 atom stereocenters. The first kappa shape index (κ1) is 13.0. The number of benzene rings is 1. The molecule has 1 fully saturated rings. The second-order valence-electron chi connectivity index (χ2n) is 6.74.